The van der Waals surface area contributed by atoms with E-state index in [9.17, 15) is 4.79 Å². The number of amides is 1. The Balaban J connectivity index is 1.33. The number of halogens is 1. The Labute approximate surface area is 168 Å². The molecule has 3 aromatic rings. The molecule has 0 saturated carbocycles. The zero-order valence-electron chi connectivity index (χ0n) is 15.6. The van der Waals surface area contributed by atoms with Crippen LogP contribution in [0.15, 0.2) is 53.1 Å². The maximum absolute atomic E-state index is 12.6. The lowest BCUT2D eigenvalue weighted by atomic mass is 10.1. The monoisotopic (exact) mass is 396 g/mol. The average molecular weight is 397 g/mol. The predicted molar refractivity (Wildman–Crippen MR) is 107 cm³/mol. The minimum absolute atomic E-state index is 0.0170. The van der Waals surface area contributed by atoms with E-state index in [2.05, 4.69) is 15.0 Å². The number of nitrogens with zero attached hydrogens (tertiary/aromatic N) is 4. The van der Waals surface area contributed by atoms with Gasteiger partial charge in [-0.25, -0.2) is 0 Å². The van der Waals surface area contributed by atoms with Gasteiger partial charge in [0.2, 0.25) is 0 Å². The van der Waals surface area contributed by atoms with Crippen molar-refractivity contribution in [3.05, 3.63) is 70.5 Å². The first kappa shape index (κ1) is 18.7. The highest BCUT2D eigenvalue weighted by Gasteiger charge is 2.23. The van der Waals surface area contributed by atoms with Crippen LogP contribution in [0.25, 0.3) is 11.5 Å². The third kappa shape index (κ3) is 4.24. The molecule has 1 aromatic heterocycles. The molecule has 0 radical (unpaired) electrons. The van der Waals surface area contributed by atoms with Crippen LogP contribution in [0, 0.1) is 6.92 Å². The van der Waals surface area contributed by atoms with Crippen molar-refractivity contribution in [2.75, 3.05) is 26.2 Å². The van der Waals surface area contributed by atoms with Crippen molar-refractivity contribution in [2.45, 2.75) is 13.5 Å². The normalized spacial score (nSPS) is 15.0. The second-order valence-corrected chi connectivity index (χ2v) is 7.40. The van der Waals surface area contributed by atoms with Gasteiger partial charge in [0.15, 0.2) is 5.82 Å². The molecule has 2 heterocycles. The molecule has 6 nitrogen and oxygen atoms in total. The zero-order chi connectivity index (χ0) is 19.5. The van der Waals surface area contributed by atoms with Crippen LogP contribution in [-0.2, 0) is 6.54 Å². The van der Waals surface area contributed by atoms with Gasteiger partial charge >= 0.3 is 0 Å². The van der Waals surface area contributed by atoms with Gasteiger partial charge in [-0.05, 0) is 37.3 Å². The summed E-state index contributed by atoms with van der Waals surface area (Å²) in [7, 11) is 0. The molecule has 1 aliphatic heterocycles. The first-order chi connectivity index (χ1) is 13.6. The van der Waals surface area contributed by atoms with Gasteiger partial charge in [0.1, 0.15) is 0 Å². The Morgan fingerprint density at radius 1 is 1.11 bits per heavy atom. The van der Waals surface area contributed by atoms with Gasteiger partial charge in [-0.1, -0.05) is 40.5 Å². The lowest BCUT2D eigenvalue weighted by Gasteiger charge is -2.34. The third-order valence-electron chi connectivity index (χ3n) is 4.86. The van der Waals surface area contributed by atoms with Crippen molar-refractivity contribution >= 4 is 17.5 Å². The number of aryl methyl sites for hydroxylation is 1. The summed E-state index contributed by atoms with van der Waals surface area (Å²) in [6, 6.07) is 15.1. The molecule has 0 bridgehead atoms. The molecule has 0 atom stereocenters. The molecule has 144 valence electrons. The van der Waals surface area contributed by atoms with Gasteiger partial charge in [0.05, 0.1) is 6.54 Å². The molecular weight excluding hydrogens is 376 g/mol. The van der Waals surface area contributed by atoms with Gasteiger partial charge in [0.25, 0.3) is 11.8 Å². The summed E-state index contributed by atoms with van der Waals surface area (Å²) in [6.07, 6.45) is 0. The van der Waals surface area contributed by atoms with Gasteiger partial charge in [-0.3, -0.25) is 9.69 Å². The molecular formula is C21H21ClN4O2. The first-order valence-corrected chi connectivity index (χ1v) is 9.63. The first-order valence-electron chi connectivity index (χ1n) is 9.25. The molecule has 4 rings (SSSR count). The number of aromatic nitrogens is 2. The van der Waals surface area contributed by atoms with Crippen molar-refractivity contribution in [1.82, 2.24) is 19.9 Å². The molecule has 1 aliphatic rings. The number of rotatable bonds is 4. The molecule has 0 unspecified atom stereocenters. The summed E-state index contributed by atoms with van der Waals surface area (Å²) in [4.78, 5) is 21.2. The van der Waals surface area contributed by atoms with E-state index in [0.29, 0.717) is 41.9 Å². The van der Waals surface area contributed by atoms with Gasteiger partial charge in [0, 0.05) is 42.3 Å². The van der Waals surface area contributed by atoms with E-state index in [1.165, 1.54) is 5.56 Å². The number of hydrogen-bond donors (Lipinski definition) is 0. The number of hydrogen-bond acceptors (Lipinski definition) is 5. The van der Waals surface area contributed by atoms with Crippen molar-refractivity contribution < 1.29 is 9.32 Å². The summed E-state index contributed by atoms with van der Waals surface area (Å²) in [6.45, 7) is 5.50. The van der Waals surface area contributed by atoms with E-state index >= 15 is 0 Å². The van der Waals surface area contributed by atoms with Crippen LogP contribution in [0.2, 0.25) is 5.02 Å². The minimum Gasteiger partial charge on any atom is -0.336 e. The fourth-order valence-electron chi connectivity index (χ4n) is 3.24. The van der Waals surface area contributed by atoms with Crippen LogP contribution in [-0.4, -0.2) is 52.0 Å². The van der Waals surface area contributed by atoms with Gasteiger partial charge in [-0.2, -0.15) is 4.98 Å². The lowest BCUT2D eigenvalue weighted by Crippen LogP contribution is -2.48. The predicted octanol–water partition coefficient (Wildman–Crippen LogP) is 3.66. The van der Waals surface area contributed by atoms with Crippen LogP contribution in [0.3, 0.4) is 0 Å². The second-order valence-electron chi connectivity index (χ2n) is 6.96. The number of benzene rings is 2. The quantitative estimate of drug-likeness (QED) is 0.673. The molecule has 0 aliphatic carbocycles. The van der Waals surface area contributed by atoms with E-state index in [0.717, 1.165) is 18.7 Å². The molecule has 7 heteroatoms. The maximum atomic E-state index is 12.6. The summed E-state index contributed by atoms with van der Waals surface area (Å²) in [5.41, 5.74) is 2.73. The molecule has 0 N–H and O–H groups in total. The van der Waals surface area contributed by atoms with Crippen molar-refractivity contribution in [2.24, 2.45) is 0 Å². The summed E-state index contributed by atoms with van der Waals surface area (Å²) in [5, 5.41) is 4.67. The van der Waals surface area contributed by atoms with Crippen LogP contribution < -0.4 is 0 Å². The highest BCUT2D eigenvalue weighted by molar-refractivity contribution is 6.30. The van der Waals surface area contributed by atoms with E-state index in [1.807, 2.05) is 36.1 Å². The Hall–Kier alpha value is -2.70. The average Bonchev–Trinajstić information content (AvgIpc) is 3.17. The standard InChI is InChI=1S/C21H21ClN4O2/c1-15-5-7-16(8-6-15)20-23-19(24-28-20)14-25-9-11-26(12-10-25)21(27)17-3-2-4-18(22)13-17/h2-8,13H,9-12,14H2,1H3. The largest absolute Gasteiger partial charge is 0.336 e. The third-order valence-corrected chi connectivity index (χ3v) is 5.10. The lowest BCUT2D eigenvalue weighted by molar-refractivity contribution is 0.0624. The van der Waals surface area contributed by atoms with Gasteiger partial charge in [-0.15, -0.1) is 0 Å². The van der Waals surface area contributed by atoms with E-state index < -0.39 is 0 Å². The molecule has 0 spiro atoms. The fourth-order valence-corrected chi connectivity index (χ4v) is 3.44. The van der Waals surface area contributed by atoms with Gasteiger partial charge < -0.3 is 9.42 Å². The number of carbonyl (C=O) groups excluding carboxylic acids is 1. The van der Waals surface area contributed by atoms with Crippen LogP contribution >= 0.6 is 11.6 Å². The molecule has 2 aromatic carbocycles. The number of carbonyl (C=O) groups is 1. The van der Waals surface area contributed by atoms with Crippen LogP contribution in [0.5, 0.6) is 0 Å². The van der Waals surface area contributed by atoms with E-state index in [1.54, 1.807) is 24.3 Å². The van der Waals surface area contributed by atoms with Crippen LogP contribution in [0.4, 0.5) is 0 Å². The topological polar surface area (TPSA) is 62.5 Å². The minimum atomic E-state index is 0.0170. The maximum Gasteiger partial charge on any atom is 0.257 e. The molecule has 1 fully saturated rings. The SMILES string of the molecule is Cc1ccc(-c2nc(CN3CCN(C(=O)c4cccc(Cl)c4)CC3)no2)cc1. The van der Waals surface area contributed by atoms with Crippen molar-refractivity contribution in [1.29, 1.82) is 0 Å². The Kier molecular flexibility index (Phi) is 5.41. The van der Waals surface area contributed by atoms with E-state index in [-0.39, 0.29) is 5.91 Å². The summed E-state index contributed by atoms with van der Waals surface area (Å²) in [5.74, 6) is 1.21. The smallest absolute Gasteiger partial charge is 0.257 e. The summed E-state index contributed by atoms with van der Waals surface area (Å²) >= 11 is 5.99. The number of piperazine rings is 1. The van der Waals surface area contributed by atoms with Crippen LogP contribution in [0.1, 0.15) is 21.7 Å². The molecule has 1 amide bonds. The Morgan fingerprint density at radius 2 is 1.86 bits per heavy atom. The fraction of sp³-hybridized carbons (Fsp3) is 0.286. The second kappa shape index (κ2) is 8.12. The van der Waals surface area contributed by atoms with Crippen molar-refractivity contribution in [3.63, 3.8) is 0 Å². The highest BCUT2D eigenvalue weighted by atomic mass is 35.5. The van der Waals surface area contributed by atoms with E-state index in [4.69, 9.17) is 16.1 Å². The summed E-state index contributed by atoms with van der Waals surface area (Å²) < 4.78 is 5.40. The zero-order valence-corrected chi connectivity index (χ0v) is 16.4. The Morgan fingerprint density at radius 3 is 2.57 bits per heavy atom. The molecule has 1 saturated heterocycles. The highest BCUT2D eigenvalue weighted by Crippen LogP contribution is 2.19. The van der Waals surface area contributed by atoms with Crippen molar-refractivity contribution in [3.8, 4) is 11.5 Å². The molecule has 28 heavy (non-hydrogen) atoms. The Bertz CT molecular complexity index is 963.